The first-order chi connectivity index (χ1) is 12.8. The van der Waals surface area contributed by atoms with E-state index < -0.39 is 10.0 Å². The number of rotatable bonds is 6. The van der Waals surface area contributed by atoms with E-state index in [0.29, 0.717) is 46.8 Å². The molecule has 0 saturated heterocycles. The van der Waals surface area contributed by atoms with Gasteiger partial charge in [-0.15, -0.1) is 4.40 Å². The van der Waals surface area contributed by atoms with Crippen molar-refractivity contribution in [3.63, 3.8) is 0 Å². The van der Waals surface area contributed by atoms with Crippen LogP contribution in [0.5, 0.6) is 5.75 Å². The third-order valence-corrected chi connectivity index (χ3v) is 5.54. The summed E-state index contributed by atoms with van der Waals surface area (Å²) in [5.41, 5.74) is 0.440. The van der Waals surface area contributed by atoms with Crippen molar-refractivity contribution in [3.8, 4) is 5.75 Å². The van der Waals surface area contributed by atoms with E-state index >= 15 is 0 Å². The molecule has 2 aliphatic heterocycles. The number of hydrogen-bond acceptors (Lipinski definition) is 5. The highest BCUT2D eigenvalue weighted by Gasteiger charge is 2.24. The lowest BCUT2D eigenvalue weighted by molar-refractivity contribution is -0.117. The number of halogens is 2. The Labute approximate surface area is 167 Å². The number of hydrogen-bond donors (Lipinski definition) is 1. The molecule has 144 valence electrons. The van der Waals surface area contributed by atoms with Gasteiger partial charge in [-0.25, -0.2) is 8.42 Å². The highest BCUT2D eigenvalue weighted by Crippen LogP contribution is 2.27. The van der Waals surface area contributed by atoms with Crippen molar-refractivity contribution >= 4 is 45.0 Å². The molecule has 0 atom stereocenters. The summed E-state index contributed by atoms with van der Waals surface area (Å²) in [7, 11) is -3.41. The number of nitrogens with one attached hydrogen (secondary N) is 1. The molecule has 1 aromatic carbocycles. The fourth-order valence-electron chi connectivity index (χ4n) is 2.49. The fraction of sp³-hybridized carbons (Fsp3) is 0.294. The van der Waals surface area contributed by atoms with E-state index in [-0.39, 0.29) is 18.2 Å². The molecule has 0 aromatic heterocycles. The molecule has 1 N–H and O–H groups in total. The summed E-state index contributed by atoms with van der Waals surface area (Å²) in [6.07, 6.45) is 5.27. The first-order valence-electron chi connectivity index (χ1n) is 8.19. The van der Waals surface area contributed by atoms with Gasteiger partial charge in [0.25, 0.3) is 15.9 Å². The number of carbonyl (C=O) groups excluding carboxylic acids is 1. The van der Waals surface area contributed by atoms with Crippen molar-refractivity contribution in [1.82, 2.24) is 10.2 Å². The fourth-order valence-corrected chi connectivity index (χ4v) is 3.92. The van der Waals surface area contributed by atoms with E-state index in [1.54, 1.807) is 35.4 Å². The van der Waals surface area contributed by atoms with Gasteiger partial charge in [0, 0.05) is 24.3 Å². The Kier molecular flexibility index (Phi) is 6.08. The van der Waals surface area contributed by atoms with Crippen LogP contribution in [0.4, 0.5) is 0 Å². The molecule has 2 aliphatic rings. The van der Waals surface area contributed by atoms with Gasteiger partial charge in [0.05, 0.1) is 23.0 Å². The quantitative estimate of drug-likeness (QED) is 0.701. The van der Waals surface area contributed by atoms with Gasteiger partial charge in [0.2, 0.25) is 0 Å². The first kappa shape index (κ1) is 19.7. The number of carbonyl (C=O) groups is 1. The van der Waals surface area contributed by atoms with Crippen LogP contribution in [0, 0.1) is 0 Å². The Balaban J connectivity index is 1.45. The second-order valence-corrected chi connectivity index (χ2v) is 8.48. The lowest BCUT2D eigenvalue weighted by atomic mass is 10.2. The summed E-state index contributed by atoms with van der Waals surface area (Å²) in [6, 6.07) is 4.99. The zero-order chi connectivity index (χ0) is 19.4. The SMILES string of the molecule is O=C(NCCCOc1ccc(Cl)cc1Cl)C1=CN2CCS(=O)(=O)N=C2C=C1. The van der Waals surface area contributed by atoms with E-state index in [2.05, 4.69) is 9.71 Å². The summed E-state index contributed by atoms with van der Waals surface area (Å²) in [5.74, 6) is 0.548. The standard InChI is InChI=1S/C17H17Cl2N3O4S/c18-13-3-4-15(14(19)10-13)26-8-1-6-20-17(23)12-2-5-16-21-27(24,25)9-7-22(16)11-12/h2-5,10-11H,1,6-9H2,(H,20,23). The van der Waals surface area contributed by atoms with Gasteiger partial charge in [0.1, 0.15) is 11.6 Å². The van der Waals surface area contributed by atoms with Crippen LogP contribution in [-0.2, 0) is 14.8 Å². The highest BCUT2D eigenvalue weighted by molar-refractivity contribution is 7.90. The maximum absolute atomic E-state index is 12.2. The summed E-state index contributed by atoms with van der Waals surface area (Å²) < 4.78 is 32.2. The summed E-state index contributed by atoms with van der Waals surface area (Å²) in [6.45, 7) is 1.08. The maximum atomic E-state index is 12.2. The second kappa shape index (κ2) is 8.33. The van der Waals surface area contributed by atoms with Gasteiger partial charge in [-0.2, -0.15) is 0 Å². The molecular weight excluding hydrogens is 413 g/mol. The van der Waals surface area contributed by atoms with Crippen LogP contribution in [0.2, 0.25) is 10.0 Å². The van der Waals surface area contributed by atoms with Gasteiger partial charge < -0.3 is 15.0 Å². The molecule has 0 bridgehead atoms. The minimum atomic E-state index is -3.41. The summed E-state index contributed by atoms with van der Waals surface area (Å²) in [4.78, 5) is 13.9. The zero-order valence-corrected chi connectivity index (χ0v) is 16.5. The van der Waals surface area contributed by atoms with Crippen LogP contribution in [0.1, 0.15) is 6.42 Å². The summed E-state index contributed by atoms with van der Waals surface area (Å²) in [5, 5.41) is 3.77. The number of nitrogens with zero attached hydrogens (tertiary/aromatic N) is 2. The van der Waals surface area contributed by atoms with E-state index in [9.17, 15) is 13.2 Å². The summed E-state index contributed by atoms with van der Waals surface area (Å²) >= 11 is 11.8. The Morgan fingerprint density at radius 2 is 2.11 bits per heavy atom. The van der Waals surface area contributed by atoms with Crippen LogP contribution in [-0.4, -0.2) is 50.5 Å². The molecule has 0 spiro atoms. The van der Waals surface area contributed by atoms with E-state index in [0.717, 1.165) is 0 Å². The molecule has 1 aromatic rings. The van der Waals surface area contributed by atoms with Crippen LogP contribution in [0.15, 0.2) is 46.5 Å². The molecule has 0 unspecified atom stereocenters. The predicted molar refractivity (Wildman–Crippen MR) is 105 cm³/mol. The number of amides is 1. The van der Waals surface area contributed by atoms with Crippen LogP contribution in [0.3, 0.4) is 0 Å². The number of benzene rings is 1. The molecule has 2 heterocycles. The molecule has 0 saturated carbocycles. The molecule has 7 nitrogen and oxygen atoms in total. The number of ether oxygens (including phenoxy) is 1. The highest BCUT2D eigenvalue weighted by atomic mass is 35.5. The largest absolute Gasteiger partial charge is 0.492 e. The van der Waals surface area contributed by atoms with Gasteiger partial charge in [-0.3, -0.25) is 4.79 Å². The molecule has 10 heteroatoms. The lowest BCUT2D eigenvalue weighted by Gasteiger charge is -2.26. The predicted octanol–water partition coefficient (Wildman–Crippen LogP) is 2.38. The van der Waals surface area contributed by atoms with E-state index in [1.807, 2.05) is 0 Å². The van der Waals surface area contributed by atoms with Crippen molar-refractivity contribution in [2.75, 3.05) is 25.4 Å². The molecule has 3 rings (SSSR count). The van der Waals surface area contributed by atoms with Gasteiger partial charge in [0.15, 0.2) is 0 Å². The number of fused-ring (bicyclic) bond motifs is 1. The van der Waals surface area contributed by atoms with E-state index in [1.165, 1.54) is 6.08 Å². The Bertz CT molecular complexity index is 941. The molecule has 1 amide bonds. The van der Waals surface area contributed by atoms with Crippen molar-refractivity contribution in [2.24, 2.45) is 4.40 Å². The maximum Gasteiger partial charge on any atom is 0.256 e. The average molecular weight is 430 g/mol. The second-order valence-electron chi connectivity index (χ2n) is 5.88. The van der Waals surface area contributed by atoms with Gasteiger partial charge in [-0.1, -0.05) is 23.2 Å². The third-order valence-electron chi connectivity index (χ3n) is 3.84. The van der Waals surface area contributed by atoms with Gasteiger partial charge in [-0.05, 0) is 36.8 Å². The third kappa shape index (κ3) is 5.24. The van der Waals surface area contributed by atoms with Crippen molar-refractivity contribution in [1.29, 1.82) is 0 Å². The minimum Gasteiger partial charge on any atom is -0.492 e. The Morgan fingerprint density at radius 1 is 1.30 bits per heavy atom. The molecular formula is C17H17Cl2N3O4S. The Hall–Kier alpha value is -2.03. The number of sulfonamides is 1. The van der Waals surface area contributed by atoms with Crippen LogP contribution >= 0.6 is 23.2 Å². The van der Waals surface area contributed by atoms with E-state index in [4.69, 9.17) is 27.9 Å². The minimum absolute atomic E-state index is 0.0691. The topological polar surface area (TPSA) is 88.1 Å². The average Bonchev–Trinajstić information content (AvgIpc) is 2.61. The Morgan fingerprint density at radius 3 is 2.89 bits per heavy atom. The molecule has 0 aliphatic carbocycles. The van der Waals surface area contributed by atoms with Crippen LogP contribution in [0.25, 0.3) is 0 Å². The molecule has 0 fully saturated rings. The van der Waals surface area contributed by atoms with Crippen molar-refractivity contribution in [2.45, 2.75) is 6.42 Å². The van der Waals surface area contributed by atoms with Crippen LogP contribution < -0.4 is 10.1 Å². The van der Waals surface area contributed by atoms with Crippen molar-refractivity contribution < 1.29 is 17.9 Å². The van der Waals surface area contributed by atoms with Crippen molar-refractivity contribution in [3.05, 3.63) is 52.2 Å². The zero-order valence-electron chi connectivity index (χ0n) is 14.2. The smallest absolute Gasteiger partial charge is 0.256 e. The van der Waals surface area contributed by atoms with Gasteiger partial charge >= 0.3 is 0 Å². The normalized spacial score (nSPS) is 17.6. The number of amidine groups is 1. The lowest BCUT2D eigenvalue weighted by Crippen LogP contribution is -2.38. The molecule has 27 heavy (non-hydrogen) atoms. The monoisotopic (exact) mass is 429 g/mol. The first-order valence-corrected chi connectivity index (χ1v) is 10.6. The molecule has 0 radical (unpaired) electrons.